The zero-order valence-electron chi connectivity index (χ0n) is 12.5. The summed E-state index contributed by atoms with van der Waals surface area (Å²) in [5.41, 5.74) is 6.71. The Morgan fingerprint density at radius 2 is 1.90 bits per heavy atom. The van der Waals surface area contributed by atoms with Crippen LogP contribution in [0.25, 0.3) is 0 Å². The lowest BCUT2D eigenvalue weighted by Gasteiger charge is -2.26. The predicted octanol–water partition coefficient (Wildman–Crippen LogP) is 3.34. The van der Waals surface area contributed by atoms with Gasteiger partial charge in [0.1, 0.15) is 0 Å². The number of benzene rings is 1. The molecular weight excluding hydrogens is 308 g/mol. The van der Waals surface area contributed by atoms with Gasteiger partial charge in [-0.05, 0) is 49.3 Å². The second-order valence-corrected chi connectivity index (χ2v) is 8.27. The fourth-order valence-corrected chi connectivity index (χ4v) is 4.11. The van der Waals surface area contributed by atoms with E-state index in [-0.39, 0.29) is 4.90 Å². The van der Waals surface area contributed by atoms with Crippen LogP contribution in [0.3, 0.4) is 0 Å². The summed E-state index contributed by atoms with van der Waals surface area (Å²) in [6.07, 6.45) is 4.54. The van der Waals surface area contributed by atoms with Gasteiger partial charge >= 0.3 is 0 Å². The molecule has 4 nitrogen and oxygen atoms in total. The van der Waals surface area contributed by atoms with E-state index >= 15 is 0 Å². The zero-order valence-corrected chi connectivity index (χ0v) is 14.1. The summed E-state index contributed by atoms with van der Waals surface area (Å²) < 4.78 is 27.4. The number of aryl methyl sites for hydroxylation is 1. The fourth-order valence-electron chi connectivity index (χ4n) is 2.76. The summed E-state index contributed by atoms with van der Waals surface area (Å²) in [5, 5.41) is 0.412. The van der Waals surface area contributed by atoms with Crippen LogP contribution in [0, 0.1) is 18.8 Å². The SMILES string of the molecule is Cc1cc(S(=O)(=O)NCC2CCC(C)CC2)cc(N)c1Cl. The topological polar surface area (TPSA) is 72.2 Å². The van der Waals surface area contributed by atoms with Crippen LogP contribution in [0.15, 0.2) is 17.0 Å². The van der Waals surface area contributed by atoms with Crippen LogP contribution in [-0.2, 0) is 10.0 Å². The summed E-state index contributed by atoms with van der Waals surface area (Å²) in [5.74, 6) is 1.19. The molecule has 0 atom stereocenters. The van der Waals surface area contributed by atoms with Gasteiger partial charge < -0.3 is 5.73 Å². The molecule has 118 valence electrons. The van der Waals surface area contributed by atoms with Crippen LogP contribution in [0.5, 0.6) is 0 Å². The summed E-state index contributed by atoms with van der Waals surface area (Å²) in [4.78, 5) is 0.186. The first-order valence-electron chi connectivity index (χ1n) is 7.35. The molecule has 1 aliphatic carbocycles. The van der Waals surface area contributed by atoms with Gasteiger partial charge in [0, 0.05) is 6.54 Å². The van der Waals surface area contributed by atoms with Crippen molar-refractivity contribution in [3.63, 3.8) is 0 Å². The Hall–Kier alpha value is -0.780. The van der Waals surface area contributed by atoms with Crippen molar-refractivity contribution in [3.8, 4) is 0 Å². The van der Waals surface area contributed by atoms with Crippen molar-refractivity contribution in [1.82, 2.24) is 4.72 Å². The smallest absolute Gasteiger partial charge is 0.240 e. The Bertz CT molecular complexity index is 585. The van der Waals surface area contributed by atoms with Gasteiger partial charge in [0.25, 0.3) is 0 Å². The van der Waals surface area contributed by atoms with Crippen LogP contribution < -0.4 is 10.5 Å². The van der Waals surface area contributed by atoms with Gasteiger partial charge in [-0.2, -0.15) is 0 Å². The molecule has 0 bridgehead atoms. The van der Waals surface area contributed by atoms with Gasteiger partial charge in [0.2, 0.25) is 10.0 Å². The first kappa shape index (κ1) is 16.6. The Labute approximate surface area is 132 Å². The Balaban J connectivity index is 2.05. The molecule has 21 heavy (non-hydrogen) atoms. The van der Waals surface area contributed by atoms with E-state index in [4.69, 9.17) is 17.3 Å². The number of nitrogen functional groups attached to an aromatic ring is 1. The molecule has 0 amide bonds. The van der Waals surface area contributed by atoms with E-state index in [1.165, 1.54) is 18.9 Å². The van der Waals surface area contributed by atoms with Crippen molar-refractivity contribution in [2.45, 2.75) is 44.4 Å². The summed E-state index contributed by atoms with van der Waals surface area (Å²) in [6.45, 7) is 4.50. The molecule has 0 aromatic heterocycles. The zero-order chi connectivity index (χ0) is 15.6. The number of hydrogen-bond donors (Lipinski definition) is 2. The quantitative estimate of drug-likeness (QED) is 0.832. The summed E-state index contributed by atoms with van der Waals surface area (Å²) in [7, 11) is -3.52. The predicted molar refractivity (Wildman–Crippen MR) is 86.9 cm³/mol. The largest absolute Gasteiger partial charge is 0.397 e. The first-order valence-corrected chi connectivity index (χ1v) is 9.21. The van der Waals surface area contributed by atoms with Crippen molar-refractivity contribution >= 4 is 27.3 Å². The van der Waals surface area contributed by atoms with Gasteiger partial charge in [0.15, 0.2) is 0 Å². The molecule has 1 aliphatic rings. The molecule has 1 aromatic carbocycles. The molecule has 0 radical (unpaired) electrons. The van der Waals surface area contributed by atoms with Gasteiger partial charge in [-0.15, -0.1) is 0 Å². The molecular formula is C15H23ClN2O2S. The molecule has 0 spiro atoms. The molecule has 6 heteroatoms. The molecule has 1 fully saturated rings. The summed E-state index contributed by atoms with van der Waals surface area (Å²) in [6, 6.07) is 2.98. The fraction of sp³-hybridized carbons (Fsp3) is 0.600. The number of nitrogens with one attached hydrogen (secondary N) is 1. The van der Waals surface area contributed by atoms with E-state index in [1.54, 1.807) is 13.0 Å². The highest BCUT2D eigenvalue weighted by molar-refractivity contribution is 7.89. The highest BCUT2D eigenvalue weighted by Gasteiger charge is 2.22. The van der Waals surface area contributed by atoms with Crippen molar-refractivity contribution in [3.05, 3.63) is 22.7 Å². The molecule has 0 unspecified atom stereocenters. The van der Waals surface area contributed by atoms with Crippen molar-refractivity contribution in [2.24, 2.45) is 11.8 Å². The van der Waals surface area contributed by atoms with E-state index in [9.17, 15) is 8.42 Å². The van der Waals surface area contributed by atoms with Crippen molar-refractivity contribution in [2.75, 3.05) is 12.3 Å². The van der Waals surface area contributed by atoms with E-state index in [0.29, 0.717) is 28.7 Å². The average Bonchev–Trinajstić information content (AvgIpc) is 2.43. The molecule has 0 heterocycles. The minimum absolute atomic E-state index is 0.186. The van der Waals surface area contributed by atoms with Gasteiger partial charge in [0.05, 0.1) is 15.6 Å². The third-order valence-corrected chi connectivity index (χ3v) is 6.18. The lowest BCUT2D eigenvalue weighted by Crippen LogP contribution is -2.31. The van der Waals surface area contributed by atoms with Crippen LogP contribution in [0.2, 0.25) is 5.02 Å². The molecule has 0 aliphatic heterocycles. The van der Waals surface area contributed by atoms with Gasteiger partial charge in [-0.3, -0.25) is 0 Å². The average molecular weight is 331 g/mol. The van der Waals surface area contributed by atoms with Gasteiger partial charge in [-0.25, -0.2) is 13.1 Å². The Morgan fingerprint density at radius 1 is 1.29 bits per heavy atom. The highest BCUT2D eigenvalue weighted by Crippen LogP contribution is 2.29. The van der Waals surface area contributed by atoms with Crippen molar-refractivity contribution < 1.29 is 8.42 Å². The molecule has 1 aromatic rings. The molecule has 2 rings (SSSR count). The van der Waals surface area contributed by atoms with Crippen molar-refractivity contribution in [1.29, 1.82) is 0 Å². The van der Waals surface area contributed by atoms with Crippen LogP contribution in [-0.4, -0.2) is 15.0 Å². The number of anilines is 1. The van der Waals surface area contributed by atoms with Crippen LogP contribution in [0.4, 0.5) is 5.69 Å². The maximum absolute atomic E-state index is 12.3. The molecule has 3 N–H and O–H groups in total. The van der Waals surface area contributed by atoms with Crippen LogP contribution >= 0.6 is 11.6 Å². The number of rotatable bonds is 4. The maximum Gasteiger partial charge on any atom is 0.240 e. The lowest BCUT2D eigenvalue weighted by atomic mass is 9.83. The molecule has 1 saturated carbocycles. The Kier molecular flexibility index (Phi) is 5.17. The standard InChI is InChI=1S/C15H23ClN2O2S/c1-10-3-5-12(6-4-10)9-18-21(19,20)13-7-11(2)15(16)14(17)8-13/h7-8,10,12,18H,3-6,9,17H2,1-2H3. The number of nitrogens with two attached hydrogens (primary N) is 1. The third kappa shape index (κ3) is 4.11. The third-order valence-electron chi connectivity index (χ3n) is 4.26. The molecule has 0 saturated heterocycles. The normalized spacial score (nSPS) is 23.2. The second kappa shape index (κ2) is 6.55. The second-order valence-electron chi connectivity index (χ2n) is 6.12. The van der Waals surface area contributed by atoms with E-state index in [2.05, 4.69) is 11.6 Å². The number of hydrogen-bond acceptors (Lipinski definition) is 3. The van der Waals surface area contributed by atoms with Crippen LogP contribution in [0.1, 0.15) is 38.2 Å². The summed E-state index contributed by atoms with van der Waals surface area (Å²) >= 11 is 5.97. The van der Waals surface area contributed by atoms with E-state index in [1.807, 2.05) is 0 Å². The van der Waals surface area contributed by atoms with E-state index in [0.717, 1.165) is 18.8 Å². The van der Waals surface area contributed by atoms with Gasteiger partial charge in [-0.1, -0.05) is 31.4 Å². The first-order chi connectivity index (χ1) is 9.79. The minimum atomic E-state index is -3.52. The number of halogens is 1. The minimum Gasteiger partial charge on any atom is -0.397 e. The monoisotopic (exact) mass is 330 g/mol. The highest BCUT2D eigenvalue weighted by atomic mass is 35.5. The Morgan fingerprint density at radius 3 is 2.48 bits per heavy atom. The number of sulfonamides is 1. The van der Waals surface area contributed by atoms with E-state index < -0.39 is 10.0 Å². The lowest BCUT2D eigenvalue weighted by molar-refractivity contribution is 0.290. The maximum atomic E-state index is 12.3.